The number of nitrogens with one attached hydrogen (secondary N) is 1. The number of nitrogens with zero attached hydrogens (tertiary/aromatic N) is 2. The number of hydrogen-bond donors (Lipinski definition) is 1. The number of halogens is 2. The topological polar surface area (TPSA) is 83.8 Å². The van der Waals surface area contributed by atoms with Crippen molar-refractivity contribution in [3.63, 3.8) is 0 Å². The van der Waals surface area contributed by atoms with E-state index in [2.05, 4.69) is 10.3 Å². The Morgan fingerprint density at radius 3 is 2.18 bits per heavy atom. The van der Waals surface area contributed by atoms with E-state index >= 15 is 0 Å². The van der Waals surface area contributed by atoms with Crippen LogP contribution < -0.4 is 29.7 Å². The Morgan fingerprint density at radius 1 is 0.882 bits per heavy atom. The molecule has 0 radical (unpaired) electrons. The number of pyridine rings is 2. The fourth-order valence-electron chi connectivity index (χ4n) is 3.54. The van der Waals surface area contributed by atoms with Crippen LogP contribution in [-0.2, 0) is 0 Å². The van der Waals surface area contributed by atoms with E-state index in [9.17, 15) is 9.18 Å². The van der Waals surface area contributed by atoms with Crippen molar-refractivity contribution in [1.82, 2.24) is 9.55 Å². The molecule has 4 rings (SSSR count). The van der Waals surface area contributed by atoms with Crippen molar-refractivity contribution in [3.8, 4) is 28.7 Å². The summed E-state index contributed by atoms with van der Waals surface area (Å²) < 4.78 is 37.4. The molecule has 2 heterocycles. The summed E-state index contributed by atoms with van der Waals surface area (Å²) in [6.45, 7) is 0. The molecule has 2 aromatic carbocycles. The van der Waals surface area contributed by atoms with Crippen LogP contribution in [0, 0.1) is 5.82 Å². The van der Waals surface area contributed by atoms with E-state index in [1.807, 2.05) is 0 Å². The number of anilines is 2. The van der Waals surface area contributed by atoms with E-state index in [1.165, 1.54) is 27.4 Å². The van der Waals surface area contributed by atoms with E-state index in [-0.39, 0.29) is 16.2 Å². The second-order valence-electron chi connectivity index (χ2n) is 7.09. The Hall–Kier alpha value is -3.98. The molecular weight excluding hydrogens is 465 g/mol. The zero-order valence-corrected chi connectivity index (χ0v) is 19.6. The zero-order valence-electron chi connectivity index (χ0n) is 18.8. The van der Waals surface area contributed by atoms with Crippen LogP contribution in [0.25, 0.3) is 16.7 Å². The second-order valence-corrected chi connectivity index (χ2v) is 7.45. The minimum absolute atomic E-state index is 0.0482. The quantitative estimate of drug-likeness (QED) is 0.370. The molecule has 0 spiro atoms. The SMILES string of the molecule is COc1ccc(Nc2cc(=O)c3cc(F)c(Cl)nc3n2-c2ccc(OC)cc2OC)c(OC)c1. The van der Waals surface area contributed by atoms with Crippen molar-refractivity contribution in [1.29, 1.82) is 0 Å². The molecule has 0 fully saturated rings. The maximum Gasteiger partial charge on any atom is 0.193 e. The van der Waals surface area contributed by atoms with E-state index < -0.39 is 11.2 Å². The molecule has 4 aromatic rings. The van der Waals surface area contributed by atoms with Gasteiger partial charge in [0.2, 0.25) is 0 Å². The largest absolute Gasteiger partial charge is 0.497 e. The highest BCUT2D eigenvalue weighted by Crippen LogP contribution is 2.36. The molecule has 1 N–H and O–H groups in total. The van der Waals surface area contributed by atoms with Crippen molar-refractivity contribution in [3.05, 3.63) is 69.7 Å². The van der Waals surface area contributed by atoms with Gasteiger partial charge in [-0.1, -0.05) is 11.6 Å². The number of aromatic nitrogens is 2. The maximum absolute atomic E-state index is 14.2. The van der Waals surface area contributed by atoms with Crippen molar-refractivity contribution in [2.75, 3.05) is 33.8 Å². The van der Waals surface area contributed by atoms with Crippen molar-refractivity contribution in [2.45, 2.75) is 0 Å². The molecule has 2 aromatic heterocycles. The van der Waals surface area contributed by atoms with Crippen molar-refractivity contribution < 1.29 is 23.3 Å². The van der Waals surface area contributed by atoms with Crippen LogP contribution in [0.4, 0.5) is 15.9 Å². The number of rotatable bonds is 7. The van der Waals surface area contributed by atoms with Gasteiger partial charge in [0.05, 0.1) is 45.2 Å². The molecule has 0 unspecified atom stereocenters. The molecule has 176 valence electrons. The van der Waals surface area contributed by atoms with Crippen LogP contribution in [0.5, 0.6) is 23.0 Å². The fourth-order valence-corrected chi connectivity index (χ4v) is 3.67. The minimum Gasteiger partial charge on any atom is -0.497 e. The number of benzene rings is 2. The van der Waals surface area contributed by atoms with Gasteiger partial charge in [-0.15, -0.1) is 0 Å². The lowest BCUT2D eigenvalue weighted by atomic mass is 10.2. The Labute approximate surface area is 199 Å². The van der Waals surface area contributed by atoms with E-state index in [0.29, 0.717) is 40.2 Å². The van der Waals surface area contributed by atoms with Gasteiger partial charge in [-0.3, -0.25) is 9.36 Å². The molecule has 8 nitrogen and oxygen atoms in total. The highest BCUT2D eigenvalue weighted by atomic mass is 35.5. The fraction of sp³-hybridized carbons (Fsp3) is 0.167. The average molecular weight is 486 g/mol. The maximum atomic E-state index is 14.2. The first-order chi connectivity index (χ1) is 16.4. The summed E-state index contributed by atoms with van der Waals surface area (Å²) in [5.74, 6) is 1.59. The summed E-state index contributed by atoms with van der Waals surface area (Å²) in [6.07, 6.45) is 0. The van der Waals surface area contributed by atoms with Gasteiger partial charge in [0.15, 0.2) is 22.0 Å². The summed E-state index contributed by atoms with van der Waals surface area (Å²) in [5, 5.41) is 2.89. The molecule has 0 saturated heterocycles. The van der Waals surface area contributed by atoms with Gasteiger partial charge < -0.3 is 24.3 Å². The Morgan fingerprint density at radius 2 is 1.53 bits per heavy atom. The highest BCUT2D eigenvalue weighted by Gasteiger charge is 2.19. The van der Waals surface area contributed by atoms with Gasteiger partial charge >= 0.3 is 0 Å². The molecule has 0 atom stereocenters. The minimum atomic E-state index is -0.794. The van der Waals surface area contributed by atoms with Gasteiger partial charge in [0.1, 0.15) is 28.8 Å². The van der Waals surface area contributed by atoms with E-state index in [0.717, 1.165) is 6.07 Å². The summed E-state index contributed by atoms with van der Waals surface area (Å²) >= 11 is 6.01. The highest BCUT2D eigenvalue weighted by molar-refractivity contribution is 6.29. The summed E-state index contributed by atoms with van der Waals surface area (Å²) in [5.41, 5.74) is 0.754. The van der Waals surface area contributed by atoms with Gasteiger partial charge in [-0.25, -0.2) is 9.37 Å². The predicted molar refractivity (Wildman–Crippen MR) is 128 cm³/mol. The average Bonchev–Trinajstić information content (AvgIpc) is 2.85. The van der Waals surface area contributed by atoms with Crippen LogP contribution in [-0.4, -0.2) is 38.0 Å². The third-order valence-corrected chi connectivity index (χ3v) is 5.46. The van der Waals surface area contributed by atoms with Crippen LogP contribution in [0.2, 0.25) is 5.15 Å². The molecule has 34 heavy (non-hydrogen) atoms. The first kappa shape index (κ1) is 23.2. The van der Waals surface area contributed by atoms with Crippen molar-refractivity contribution >= 4 is 34.1 Å². The van der Waals surface area contributed by atoms with Gasteiger partial charge in [0, 0.05) is 18.2 Å². The van der Waals surface area contributed by atoms with Crippen LogP contribution in [0.1, 0.15) is 0 Å². The molecule has 0 bridgehead atoms. The summed E-state index contributed by atoms with van der Waals surface area (Å²) in [7, 11) is 6.11. The summed E-state index contributed by atoms with van der Waals surface area (Å²) in [4.78, 5) is 17.1. The standard InChI is InChI=1S/C24H21ClFN3O5/c1-31-13-5-7-17(20(9-13)33-3)27-22-12-19(30)15-11-16(26)23(25)28-24(15)29(22)18-8-6-14(32-2)10-21(18)34-4/h5-12,27H,1-4H3. The van der Waals surface area contributed by atoms with Crippen molar-refractivity contribution in [2.24, 2.45) is 0 Å². The van der Waals surface area contributed by atoms with Gasteiger partial charge in [-0.2, -0.15) is 0 Å². The predicted octanol–water partition coefficient (Wildman–Crippen LogP) is 4.96. The smallest absolute Gasteiger partial charge is 0.193 e. The lowest BCUT2D eigenvalue weighted by Crippen LogP contribution is -2.15. The Balaban J connectivity index is 2.03. The van der Waals surface area contributed by atoms with E-state index in [4.69, 9.17) is 30.5 Å². The number of fused-ring (bicyclic) bond motifs is 1. The normalized spacial score (nSPS) is 10.8. The van der Waals surface area contributed by atoms with Gasteiger partial charge in [0.25, 0.3) is 0 Å². The summed E-state index contributed by atoms with van der Waals surface area (Å²) in [6, 6.07) is 12.7. The third-order valence-electron chi connectivity index (χ3n) is 5.20. The molecule has 0 amide bonds. The molecule has 0 aliphatic carbocycles. The first-order valence-electron chi connectivity index (χ1n) is 10.0. The Kier molecular flexibility index (Phi) is 6.47. The van der Waals surface area contributed by atoms with Crippen LogP contribution >= 0.6 is 11.6 Å². The number of methoxy groups -OCH3 is 4. The zero-order chi connectivity index (χ0) is 24.4. The monoisotopic (exact) mass is 485 g/mol. The molecule has 10 heteroatoms. The third kappa shape index (κ3) is 4.17. The second kappa shape index (κ2) is 9.48. The molecule has 0 aliphatic rings. The Bertz CT molecular complexity index is 1440. The molecule has 0 aliphatic heterocycles. The van der Waals surface area contributed by atoms with Crippen LogP contribution in [0.15, 0.2) is 53.3 Å². The van der Waals surface area contributed by atoms with Gasteiger partial charge in [-0.05, 0) is 30.3 Å². The lowest BCUT2D eigenvalue weighted by Gasteiger charge is -2.21. The van der Waals surface area contributed by atoms with Crippen LogP contribution in [0.3, 0.4) is 0 Å². The number of ether oxygens (including phenoxy) is 4. The number of hydrogen-bond acceptors (Lipinski definition) is 7. The lowest BCUT2D eigenvalue weighted by molar-refractivity contribution is 0.393. The van der Waals surface area contributed by atoms with E-state index in [1.54, 1.807) is 48.1 Å². The molecule has 0 saturated carbocycles. The molecular formula is C24H21ClFN3O5. The first-order valence-corrected chi connectivity index (χ1v) is 10.4.